The number of aryl methyl sites for hydroxylation is 2. The molecule has 2 N–H and O–H groups in total. The van der Waals surface area contributed by atoms with Gasteiger partial charge in [-0.15, -0.1) is 0 Å². The molecule has 1 fully saturated rings. The largest absolute Gasteiger partial charge is 0.324 e. The Labute approximate surface area is 214 Å². The number of amides is 1. The number of fused-ring (bicyclic) bond motifs is 2. The zero-order chi connectivity index (χ0) is 25.8. The minimum Gasteiger partial charge on any atom is -0.324 e. The van der Waals surface area contributed by atoms with Crippen LogP contribution in [0.3, 0.4) is 0 Å². The minimum atomic E-state index is -0.954. The molecule has 1 aromatic carbocycles. The lowest BCUT2D eigenvalue weighted by Crippen LogP contribution is -2.51. The van der Waals surface area contributed by atoms with E-state index in [4.69, 9.17) is 4.98 Å². The van der Waals surface area contributed by atoms with Crippen LogP contribution in [0.15, 0.2) is 36.9 Å². The third-order valence-corrected chi connectivity index (χ3v) is 7.75. The predicted octanol–water partition coefficient (Wildman–Crippen LogP) is 3.73. The summed E-state index contributed by atoms with van der Waals surface area (Å²) >= 11 is 0. The van der Waals surface area contributed by atoms with Crippen LogP contribution in [0.5, 0.6) is 0 Å². The summed E-state index contributed by atoms with van der Waals surface area (Å²) in [6, 6.07) is 8.28. The lowest BCUT2D eigenvalue weighted by Gasteiger charge is -2.38. The maximum absolute atomic E-state index is 13.1. The highest BCUT2D eigenvalue weighted by Gasteiger charge is 2.46. The van der Waals surface area contributed by atoms with Crippen LogP contribution < -0.4 is 10.6 Å². The number of anilines is 1. The molecule has 37 heavy (non-hydrogen) atoms. The number of benzene rings is 1. The van der Waals surface area contributed by atoms with Crippen LogP contribution in [0.2, 0.25) is 0 Å². The zero-order valence-electron chi connectivity index (χ0n) is 21.0. The van der Waals surface area contributed by atoms with E-state index in [9.17, 15) is 10.1 Å². The fourth-order valence-electron chi connectivity index (χ4n) is 5.21. The number of rotatable bonds is 6. The van der Waals surface area contributed by atoms with Crippen molar-refractivity contribution in [1.82, 2.24) is 34.8 Å². The van der Waals surface area contributed by atoms with Gasteiger partial charge >= 0.3 is 0 Å². The van der Waals surface area contributed by atoms with Gasteiger partial charge in [0.25, 0.3) is 0 Å². The molecule has 0 radical (unpaired) electrons. The Bertz CT molecular complexity index is 1580. The molecule has 0 bridgehead atoms. The molecule has 1 atom stereocenters. The smallest absolute Gasteiger partial charge is 0.249 e. The molecular formula is C27H27N9O. The summed E-state index contributed by atoms with van der Waals surface area (Å²) in [7, 11) is 0. The first-order valence-corrected chi connectivity index (χ1v) is 12.5. The fourth-order valence-corrected chi connectivity index (χ4v) is 5.21. The molecule has 1 unspecified atom stereocenters. The predicted molar refractivity (Wildman–Crippen MR) is 138 cm³/mol. The standard InChI is InChI=1S/C27H27N9O/c1-4-36-23(18-11-29-16(2)30-12-18)35-22-21(31-15-32-24(22)36)17-6-7-20-19(10-17)26(3,25(37)34-20)33-14-27(13-28)8-5-9-27/h6-7,10-12,15,33H,4-5,8-9,14H2,1-3H3,(H,34,37). The van der Waals surface area contributed by atoms with Crippen molar-refractivity contribution >= 4 is 22.8 Å². The van der Waals surface area contributed by atoms with Crippen molar-refractivity contribution in [1.29, 1.82) is 5.26 Å². The number of carbonyl (C=O) groups excluding carboxylic acids is 1. The molecule has 4 aromatic rings. The van der Waals surface area contributed by atoms with Gasteiger partial charge in [0.05, 0.1) is 17.0 Å². The van der Waals surface area contributed by atoms with E-state index in [0.29, 0.717) is 30.1 Å². The Morgan fingerprint density at radius 1 is 1.16 bits per heavy atom. The van der Waals surface area contributed by atoms with E-state index in [1.807, 2.05) is 43.5 Å². The number of hydrogen-bond donors (Lipinski definition) is 2. The topological polar surface area (TPSA) is 134 Å². The molecule has 3 aromatic heterocycles. The highest BCUT2D eigenvalue weighted by atomic mass is 16.2. The average molecular weight is 494 g/mol. The quantitative estimate of drug-likeness (QED) is 0.415. The number of nitriles is 1. The van der Waals surface area contributed by atoms with Gasteiger partial charge in [0, 0.05) is 42.3 Å². The summed E-state index contributed by atoms with van der Waals surface area (Å²) in [5, 5.41) is 16.1. The third kappa shape index (κ3) is 3.57. The van der Waals surface area contributed by atoms with Crippen LogP contribution in [0.25, 0.3) is 33.8 Å². The van der Waals surface area contributed by atoms with Crippen LogP contribution in [0.1, 0.15) is 44.5 Å². The van der Waals surface area contributed by atoms with E-state index in [0.717, 1.165) is 53.1 Å². The van der Waals surface area contributed by atoms with Crippen molar-refractivity contribution in [2.75, 3.05) is 11.9 Å². The van der Waals surface area contributed by atoms with Gasteiger partial charge in [-0.1, -0.05) is 12.5 Å². The summed E-state index contributed by atoms with van der Waals surface area (Å²) < 4.78 is 2.03. The molecule has 6 rings (SSSR count). The lowest BCUT2D eigenvalue weighted by molar-refractivity contribution is -0.121. The zero-order valence-corrected chi connectivity index (χ0v) is 21.0. The maximum Gasteiger partial charge on any atom is 0.249 e. The highest BCUT2D eigenvalue weighted by Crippen LogP contribution is 2.43. The van der Waals surface area contributed by atoms with Crippen LogP contribution >= 0.6 is 0 Å². The Morgan fingerprint density at radius 3 is 2.62 bits per heavy atom. The van der Waals surface area contributed by atoms with Gasteiger partial charge in [-0.3, -0.25) is 10.1 Å². The van der Waals surface area contributed by atoms with Crippen molar-refractivity contribution in [3.05, 3.63) is 48.3 Å². The van der Waals surface area contributed by atoms with E-state index in [2.05, 4.69) is 36.6 Å². The molecule has 0 spiro atoms. The Morgan fingerprint density at radius 2 is 1.95 bits per heavy atom. The Balaban J connectivity index is 1.43. The van der Waals surface area contributed by atoms with E-state index < -0.39 is 11.0 Å². The Hall–Kier alpha value is -4.23. The first-order chi connectivity index (χ1) is 17.9. The summed E-state index contributed by atoms with van der Waals surface area (Å²) in [6.45, 7) is 6.90. The van der Waals surface area contributed by atoms with Crippen LogP contribution in [-0.2, 0) is 16.9 Å². The average Bonchev–Trinajstić information content (AvgIpc) is 3.38. The maximum atomic E-state index is 13.1. The minimum absolute atomic E-state index is 0.128. The van der Waals surface area contributed by atoms with Crippen molar-refractivity contribution in [3.63, 3.8) is 0 Å². The van der Waals surface area contributed by atoms with E-state index in [-0.39, 0.29) is 5.91 Å². The molecule has 186 valence electrons. The lowest BCUT2D eigenvalue weighted by atomic mass is 9.69. The molecule has 1 aliphatic heterocycles. The molecule has 10 heteroatoms. The number of nitrogens with zero attached hydrogens (tertiary/aromatic N) is 7. The molecular weight excluding hydrogens is 466 g/mol. The number of aromatic nitrogens is 6. The first-order valence-electron chi connectivity index (χ1n) is 12.5. The van der Waals surface area contributed by atoms with Gasteiger partial charge in [0.15, 0.2) is 5.65 Å². The number of hydrogen-bond acceptors (Lipinski definition) is 8. The second kappa shape index (κ2) is 8.42. The number of carbonyl (C=O) groups is 1. The molecule has 2 aliphatic rings. The molecule has 1 saturated carbocycles. The summed E-state index contributed by atoms with van der Waals surface area (Å²) in [6.07, 6.45) is 7.83. The van der Waals surface area contributed by atoms with Crippen molar-refractivity contribution in [2.45, 2.75) is 52.1 Å². The summed E-state index contributed by atoms with van der Waals surface area (Å²) in [5.41, 5.74) is 3.95. The van der Waals surface area contributed by atoms with Gasteiger partial charge in [0.1, 0.15) is 34.7 Å². The summed E-state index contributed by atoms with van der Waals surface area (Å²) in [5.74, 6) is 1.29. The first kappa shape index (κ1) is 23.2. The van der Waals surface area contributed by atoms with Crippen LogP contribution in [-0.4, -0.2) is 41.9 Å². The van der Waals surface area contributed by atoms with Crippen molar-refractivity contribution < 1.29 is 4.79 Å². The van der Waals surface area contributed by atoms with Crippen LogP contribution in [0.4, 0.5) is 5.69 Å². The molecule has 1 amide bonds. The SMILES string of the molecule is CCn1c(-c2cnc(C)nc2)nc2c(-c3ccc4c(c3)C(C)(NCC3(C#N)CCC3)C(=O)N4)ncnc21. The molecule has 10 nitrogen and oxygen atoms in total. The second-order valence-electron chi connectivity index (χ2n) is 10.0. The number of nitrogens with one attached hydrogen (secondary N) is 2. The van der Waals surface area contributed by atoms with Gasteiger partial charge in [-0.25, -0.2) is 24.9 Å². The number of imidazole rings is 1. The molecule has 1 aliphatic carbocycles. The Kier molecular flexibility index (Phi) is 5.28. The fraction of sp³-hybridized carbons (Fsp3) is 0.370. The van der Waals surface area contributed by atoms with Gasteiger partial charge < -0.3 is 9.88 Å². The molecule has 0 saturated heterocycles. The van der Waals surface area contributed by atoms with Gasteiger partial charge in [-0.05, 0) is 45.7 Å². The van der Waals surface area contributed by atoms with E-state index in [1.54, 1.807) is 18.7 Å². The van der Waals surface area contributed by atoms with Crippen molar-refractivity contribution in [3.8, 4) is 28.7 Å². The monoisotopic (exact) mass is 493 g/mol. The van der Waals surface area contributed by atoms with E-state index in [1.165, 1.54) is 0 Å². The van der Waals surface area contributed by atoms with E-state index >= 15 is 0 Å². The molecule has 4 heterocycles. The van der Waals surface area contributed by atoms with Crippen molar-refractivity contribution in [2.24, 2.45) is 5.41 Å². The van der Waals surface area contributed by atoms with Gasteiger partial charge in [-0.2, -0.15) is 5.26 Å². The highest BCUT2D eigenvalue weighted by molar-refractivity contribution is 6.06. The summed E-state index contributed by atoms with van der Waals surface area (Å²) in [4.78, 5) is 35.8. The van der Waals surface area contributed by atoms with Crippen LogP contribution in [0, 0.1) is 23.7 Å². The second-order valence-corrected chi connectivity index (χ2v) is 10.0. The van der Waals surface area contributed by atoms with Gasteiger partial charge in [0.2, 0.25) is 5.91 Å². The third-order valence-electron chi connectivity index (χ3n) is 7.75. The normalized spacial score (nSPS) is 19.8.